The molecule has 0 saturated heterocycles. The number of hydrogen-bond donors (Lipinski definition) is 2. The van der Waals surface area contributed by atoms with E-state index in [1.807, 2.05) is 32.0 Å². The van der Waals surface area contributed by atoms with Crippen LogP contribution in [0.2, 0.25) is 5.02 Å². The van der Waals surface area contributed by atoms with E-state index in [1.54, 1.807) is 30.3 Å². The number of aromatic nitrogens is 1. The molecule has 0 spiro atoms. The molecular formula is C22H20ClN3O2. The number of carbonyl (C=O) groups is 2. The molecule has 2 amide bonds. The molecule has 0 radical (unpaired) electrons. The third-order valence-electron chi connectivity index (χ3n) is 4.32. The number of anilines is 2. The van der Waals surface area contributed by atoms with Crippen molar-refractivity contribution in [3.8, 4) is 0 Å². The highest BCUT2D eigenvalue weighted by Gasteiger charge is 2.14. The normalized spacial score (nSPS) is 10.4. The SMILES string of the molecule is CCc1cccc(C)c1NC(=O)c1cc(C(=O)Nc2cccc(Cl)c2)ccn1. The first-order valence-electron chi connectivity index (χ1n) is 8.90. The summed E-state index contributed by atoms with van der Waals surface area (Å²) in [6, 6.07) is 15.8. The molecule has 2 N–H and O–H groups in total. The number of carbonyl (C=O) groups excluding carboxylic acids is 2. The van der Waals surface area contributed by atoms with Crippen molar-refractivity contribution < 1.29 is 9.59 Å². The van der Waals surface area contributed by atoms with E-state index in [4.69, 9.17) is 11.6 Å². The van der Waals surface area contributed by atoms with Crippen LogP contribution in [0.4, 0.5) is 11.4 Å². The molecule has 0 unspecified atom stereocenters. The van der Waals surface area contributed by atoms with Crippen molar-refractivity contribution in [1.82, 2.24) is 4.98 Å². The van der Waals surface area contributed by atoms with Crippen molar-refractivity contribution in [2.24, 2.45) is 0 Å². The number of para-hydroxylation sites is 1. The van der Waals surface area contributed by atoms with E-state index in [9.17, 15) is 9.59 Å². The molecule has 28 heavy (non-hydrogen) atoms. The van der Waals surface area contributed by atoms with Gasteiger partial charge in [-0.1, -0.05) is 42.8 Å². The monoisotopic (exact) mass is 393 g/mol. The lowest BCUT2D eigenvalue weighted by Gasteiger charge is -2.13. The van der Waals surface area contributed by atoms with Gasteiger partial charge in [-0.25, -0.2) is 0 Å². The third-order valence-corrected chi connectivity index (χ3v) is 4.55. The quantitative estimate of drug-likeness (QED) is 0.632. The van der Waals surface area contributed by atoms with E-state index in [1.165, 1.54) is 12.3 Å². The second-order valence-electron chi connectivity index (χ2n) is 6.31. The van der Waals surface area contributed by atoms with Gasteiger partial charge in [0, 0.05) is 28.2 Å². The lowest BCUT2D eigenvalue weighted by atomic mass is 10.1. The van der Waals surface area contributed by atoms with Crippen LogP contribution < -0.4 is 10.6 Å². The third kappa shape index (κ3) is 4.56. The summed E-state index contributed by atoms with van der Waals surface area (Å²) in [6.45, 7) is 3.97. The molecule has 0 aliphatic carbocycles. The van der Waals surface area contributed by atoms with Gasteiger partial charge in [-0.15, -0.1) is 0 Å². The minimum atomic E-state index is -0.360. The molecule has 1 heterocycles. The van der Waals surface area contributed by atoms with Crippen molar-refractivity contribution >= 4 is 34.8 Å². The van der Waals surface area contributed by atoms with Crippen molar-refractivity contribution in [1.29, 1.82) is 0 Å². The van der Waals surface area contributed by atoms with E-state index >= 15 is 0 Å². The van der Waals surface area contributed by atoms with E-state index in [0.29, 0.717) is 16.3 Å². The summed E-state index contributed by atoms with van der Waals surface area (Å²) in [6.07, 6.45) is 2.24. The fourth-order valence-corrected chi connectivity index (χ4v) is 3.04. The minimum absolute atomic E-state index is 0.170. The van der Waals surface area contributed by atoms with Gasteiger partial charge in [0.2, 0.25) is 0 Å². The zero-order chi connectivity index (χ0) is 20.1. The minimum Gasteiger partial charge on any atom is -0.322 e. The van der Waals surface area contributed by atoms with Gasteiger partial charge in [-0.3, -0.25) is 14.6 Å². The van der Waals surface area contributed by atoms with Gasteiger partial charge in [0.25, 0.3) is 11.8 Å². The fourth-order valence-electron chi connectivity index (χ4n) is 2.85. The largest absolute Gasteiger partial charge is 0.322 e. The van der Waals surface area contributed by atoms with Crippen molar-refractivity contribution in [2.75, 3.05) is 10.6 Å². The highest BCUT2D eigenvalue weighted by molar-refractivity contribution is 6.31. The van der Waals surface area contributed by atoms with Gasteiger partial charge < -0.3 is 10.6 Å². The molecule has 6 heteroatoms. The van der Waals surface area contributed by atoms with Crippen LogP contribution in [0.15, 0.2) is 60.8 Å². The average Bonchev–Trinajstić information content (AvgIpc) is 2.69. The number of nitrogens with one attached hydrogen (secondary N) is 2. The van der Waals surface area contributed by atoms with Gasteiger partial charge in [0.1, 0.15) is 5.69 Å². The van der Waals surface area contributed by atoms with Crippen LogP contribution in [-0.2, 0) is 6.42 Å². The molecule has 0 aliphatic heterocycles. The maximum absolute atomic E-state index is 12.7. The summed E-state index contributed by atoms with van der Waals surface area (Å²) in [7, 11) is 0. The summed E-state index contributed by atoms with van der Waals surface area (Å²) >= 11 is 5.94. The number of nitrogens with zero attached hydrogens (tertiary/aromatic N) is 1. The van der Waals surface area contributed by atoms with Gasteiger partial charge in [-0.05, 0) is 54.8 Å². The standard InChI is InChI=1S/C22H20ClN3O2/c1-3-15-7-4-6-14(2)20(15)26-22(28)19-12-16(10-11-24-19)21(27)25-18-9-5-8-17(23)13-18/h4-13H,3H2,1-2H3,(H,25,27)(H,26,28). The first kappa shape index (κ1) is 19.6. The highest BCUT2D eigenvalue weighted by Crippen LogP contribution is 2.22. The van der Waals surface area contributed by atoms with Crippen LogP contribution in [0.3, 0.4) is 0 Å². The number of benzene rings is 2. The molecule has 0 saturated carbocycles. The molecule has 5 nitrogen and oxygen atoms in total. The van der Waals surface area contributed by atoms with Crippen LogP contribution >= 0.6 is 11.6 Å². The van der Waals surface area contributed by atoms with Crippen LogP contribution in [0, 0.1) is 6.92 Å². The van der Waals surface area contributed by atoms with E-state index < -0.39 is 0 Å². The molecule has 1 aromatic heterocycles. The van der Waals surface area contributed by atoms with E-state index in [-0.39, 0.29) is 17.5 Å². The summed E-state index contributed by atoms with van der Waals surface area (Å²) in [4.78, 5) is 29.3. The number of pyridine rings is 1. The summed E-state index contributed by atoms with van der Waals surface area (Å²) in [5.74, 6) is -0.703. The van der Waals surface area contributed by atoms with Crippen molar-refractivity contribution in [3.05, 3.63) is 88.2 Å². The topological polar surface area (TPSA) is 71.1 Å². The smallest absolute Gasteiger partial charge is 0.274 e. The second-order valence-corrected chi connectivity index (χ2v) is 6.75. The lowest BCUT2D eigenvalue weighted by Crippen LogP contribution is -2.18. The van der Waals surface area contributed by atoms with Crippen LogP contribution in [-0.4, -0.2) is 16.8 Å². The molecule has 0 bridgehead atoms. The molecular weight excluding hydrogens is 374 g/mol. The van der Waals surface area contributed by atoms with Crippen molar-refractivity contribution in [3.63, 3.8) is 0 Å². The zero-order valence-corrected chi connectivity index (χ0v) is 16.4. The maximum atomic E-state index is 12.7. The van der Waals surface area contributed by atoms with Gasteiger partial charge in [0.05, 0.1) is 0 Å². The van der Waals surface area contributed by atoms with Crippen LogP contribution in [0.1, 0.15) is 38.9 Å². The van der Waals surface area contributed by atoms with Gasteiger partial charge in [-0.2, -0.15) is 0 Å². The molecule has 142 valence electrons. The Morgan fingerprint density at radius 1 is 1.00 bits per heavy atom. The highest BCUT2D eigenvalue weighted by atomic mass is 35.5. The Balaban J connectivity index is 1.79. The Labute approximate surface area is 168 Å². The first-order chi connectivity index (χ1) is 13.5. The number of rotatable bonds is 5. The predicted octanol–water partition coefficient (Wildman–Crippen LogP) is 5.11. The molecule has 0 aliphatic rings. The molecule has 3 rings (SSSR count). The molecule has 2 aromatic carbocycles. The number of aryl methyl sites for hydroxylation is 2. The predicted molar refractivity (Wildman–Crippen MR) is 112 cm³/mol. The first-order valence-corrected chi connectivity index (χ1v) is 9.28. The van der Waals surface area contributed by atoms with Crippen molar-refractivity contribution in [2.45, 2.75) is 20.3 Å². The van der Waals surface area contributed by atoms with Gasteiger partial charge in [0.15, 0.2) is 0 Å². The molecule has 0 fully saturated rings. The Morgan fingerprint density at radius 2 is 1.79 bits per heavy atom. The van der Waals surface area contributed by atoms with Gasteiger partial charge >= 0.3 is 0 Å². The fraction of sp³-hybridized carbons (Fsp3) is 0.136. The Morgan fingerprint density at radius 3 is 2.54 bits per heavy atom. The maximum Gasteiger partial charge on any atom is 0.274 e. The van der Waals surface area contributed by atoms with Crippen LogP contribution in [0.5, 0.6) is 0 Å². The Kier molecular flexibility index (Phi) is 6.06. The summed E-state index contributed by atoms with van der Waals surface area (Å²) in [5, 5.41) is 6.20. The summed E-state index contributed by atoms with van der Waals surface area (Å²) in [5.41, 5.74) is 3.88. The number of hydrogen-bond acceptors (Lipinski definition) is 3. The summed E-state index contributed by atoms with van der Waals surface area (Å²) < 4.78 is 0. The number of halogens is 1. The second kappa shape index (κ2) is 8.67. The Bertz CT molecular complexity index is 1030. The van der Waals surface area contributed by atoms with E-state index in [2.05, 4.69) is 15.6 Å². The zero-order valence-electron chi connectivity index (χ0n) is 15.6. The Hall–Kier alpha value is -3.18. The van der Waals surface area contributed by atoms with Crippen LogP contribution in [0.25, 0.3) is 0 Å². The average molecular weight is 394 g/mol. The number of amides is 2. The lowest BCUT2D eigenvalue weighted by molar-refractivity contribution is 0.102. The molecule has 3 aromatic rings. The molecule has 0 atom stereocenters. The van der Waals surface area contributed by atoms with E-state index in [0.717, 1.165) is 23.2 Å².